The van der Waals surface area contributed by atoms with Gasteiger partial charge < -0.3 is 5.11 Å². The molecule has 112 valence electrons. The maximum atomic E-state index is 12.3. The van der Waals surface area contributed by atoms with Crippen molar-refractivity contribution in [3.05, 3.63) is 42.7 Å². The summed E-state index contributed by atoms with van der Waals surface area (Å²) in [4.78, 5) is 4.08. The number of benzene rings is 1. The quantitative estimate of drug-likeness (QED) is 0.913. The summed E-state index contributed by atoms with van der Waals surface area (Å²) >= 11 is 0. The summed E-state index contributed by atoms with van der Waals surface area (Å²) in [6.45, 7) is 5.36. The standard InChI is InChI=1S/C15H18N2O3S/c1-15(2,3)17-21(19,20)14-6-4-5-11(8-14)12-7-13(18)10-16-9-12/h4-10,17-18H,1-3H3. The summed E-state index contributed by atoms with van der Waals surface area (Å²) in [5.74, 6) is 0.0357. The lowest BCUT2D eigenvalue weighted by Crippen LogP contribution is -2.40. The van der Waals surface area contributed by atoms with Gasteiger partial charge in [0.05, 0.1) is 11.1 Å². The van der Waals surface area contributed by atoms with Crippen LogP contribution in [0.5, 0.6) is 5.75 Å². The van der Waals surface area contributed by atoms with E-state index in [4.69, 9.17) is 0 Å². The molecule has 1 aromatic carbocycles. The van der Waals surface area contributed by atoms with Crippen molar-refractivity contribution >= 4 is 10.0 Å². The van der Waals surface area contributed by atoms with Crippen molar-refractivity contribution in [1.29, 1.82) is 0 Å². The normalized spacial score (nSPS) is 12.3. The van der Waals surface area contributed by atoms with Gasteiger partial charge in [0, 0.05) is 17.3 Å². The highest BCUT2D eigenvalue weighted by Gasteiger charge is 2.22. The molecule has 0 aliphatic rings. The third kappa shape index (κ3) is 4.03. The third-order valence-electron chi connectivity index (χ3n) is 2.64. The van der Waals surface area contributed by atoms with Crippen molar-refractivity contribution < 1.29 is 13.5 Å². The Balaban J connectivity index is 2.43. The molecular formula is C15H18N2O3S. The van der Waals surface area contributed by atoms with Gasteiger partial charge in [-0.25, -0.2) is 13.1 Å². The van der Waals surface area contributed by atoms with Crippen LogP contribution in [0, 0.1) is 0 Å². The Hall–Kier alpha value is -1.92. The van der Waals surface area contributed by atoms with Crippen LogP contribution >= 0.6 is 0 Å². The van der Waals surface area contributed by atoms with Crippen molar-refractivity contribution in [3.63, 3.8) is 0 Å². The summed E-state index contributed by atoms with van der Waals surface area (Å²) in [5.41, 5.74) is 0.777. The van der Waals surface area contributed by atoms with Gasteiger partial charge in [0.15, 0.2) is 0 Å². The molecule has 1 aromatic heterocycles. The van der Waals surface area contributed by atoms with Gasteiger partial charge >= 0.3 is 0 Å². The zero-order chi connectivity index (χ0) is 15.7. The number of nitrogens with zero attached hydrogens (tertiary/aromatic N) is 1. The fourth-order valence-electron chi connectivity index (χ4n) is 1.89. The number of aromatic nitrogens is 1. The van der Waals surface area contributed by atoms with Crippen LogP contribution in [-0.4, -0.2) is 24.0 Å². The molecule has 0 fully saturated rings. The highest BCUT2D eigenvalue weighted by atomic mass is 32.2. The van der Waals surface area contributed by atoms with Crippen LogP contribution < -0.4 is 4.72 Å². The van der Waals surface area contributed by atoms with E-state index >= 15 is 0 Å². The number of hydrogen-bond acceptors (Lipinski definition) is 4. The second-order valence-corrected chi connectivity index (χ2v) is 7.50. The van der Waals surface area contributed by atoms with Crippen molar-refractivity contribution in [2.45, 2.75) is 31.2 Å². The molecule has 0 saturated carbocycles. The Morgan fingerprint density at radius 3 is 2.43 bits per heavy atom. The molecule has 0 aliphatic heterocycles. The van der Waals surface area contributed by atoms with E-state index in [1.54, 1.807) is 45.2 Å². The van der Waals surface area contributed by atoms with Gasteiger partial charge in [-0.1, -0.05) is 12.1 Å². The lowest BCUT2D eigenvalue weighted by Gasteiger charge is -2.20. The SMILES string of the molecule is CC(C)(C)NS(=O)(=O)c1cccc(-c2cncc(O)c2)c1. The number of nitrogens with one attached hydrogen (secondary N) is 1. The van der Waals surface area contributed by atoms with Gasteiger partial charge in [0.1, 0.15) is 5.75 Å². The van der Waals surface area contributed by atoms with E-state index in [0.717, 1.165) is 0 Å². The van der Waals surface area contributed by atoms with Crippen LogP contribution in [-0.2, 0) is 10.0 Å². The highest BCUT2D eigenvalue weighted by Crippen LogP contribution is 2.24. The molecule has 0 amide bonds. The molecule has 0 bridgehead atoms. The Morgan fingerprint density at radius 2 is 1.81 bits per heavy atom. The number of aromatic hydroxyl groups is 1. The Morgan fingerprint density at radius 1 is 1.10 bits per heavy atom. The van der Waals surface area contributed by atoms with Crippen molar-refractivity contribution in [3.8, 4) is 16.9 Å². The van der Waals surface area contributed by atoms with Gasteiger partial charge in [0.25, 0.3) is 0 Å². The van der Waals surface area contributed by atoms with Gasteiger partial charge in [-0.05, 0) is 44.5 Å². The molecule has 0 aliphatic carbocycles. The average molecular weight is 306 g/mol. The van der Waals surface area contributed by atoms with Crippen LogP contribution in [0.4, 0.5) is 0 Å². The molecule has 2 rings (SSSR count). The predicted octanol–water partition coefficient (Wildman–Crippen LogP) is 2.53. The van der Waals surface area contributed by atoms with E-state index in [9.17, 15) is 13.5 Å². The molecule has 0 unspecified atom stereocenters. The molecule has 0 spiro atoms. The topological polar surface area (TPSA) is 79.3 Å². The van der Waals surface area contributed by atoms with Crippen molar-refractivity contribution in [2.75, 3.05) is 0 Å². The molecule has 0 radical (unpaired) electrons. The fraction of sp³-hybridized carbons (Fsp3) is 0.267. The van der Waals surface area contributed by atoms with E-state index < -0.39 is 15.6 Å². The smallest absolute Gasteiger partial charge is 0.241 e. The predicted molar refractivity (Wildman–Crippen MR) is 81.4 cm³/mol. The molecule has 0 saturated heterocycles. The molecule has 0 atom stereocenters. The first-order valence-corrected chi connectivity index (χ1v) is 7.94. The molecular weight excluding hydrogens is 288 g/mol. The zero-order valence-corrected chi connectivity index (χ0v) is 13.0. The third-order valence-corrected chi connectivity index (χ3v) is 4.40. The van der Waals surface area contributed by atoms with Crippen molar-refractivity contribution in [1.82, 2.24) is 9.71 Å². The fourth-order valence-corrected chi connectivity index (χ4v) is 3.35. The maximum absolute atomic E-state index is 12.3. The number of sulfonamides is 1. The minimum atomic E-state index is -3.59. The first-order chi connectivity index (χ1) is 9.67. The number of pyridine rings is 1. The summed E-state index contributed by atoms with van der Waals surface area (Å²) in [6.07, 6.45) is 2.90. The van der Waals surface area contributed by atoms with Crippen LogP contribution in [0.1, 0.15) is 20.8 Å². The van der Waals surface area contributed by atoms with Gasteiger partial charge in [-0.15, -0.1) is 0 Å². The van der Waals surface area contributed by atoms with E-state index in [1.165, 1.54) is 18.3 Å². The Kier molecular flexibility index (Phi) is 4.02. The minimum Gasteiger partial charge on any atom is -0.506 e. The summed E-state index contributed by atoms with van der Waals surface area (Å²) in [6, 6.07) is 8.07. The van der Waals surface area contributed by atoms with E-state index in [1.807, 2.05) is 0 Å². The average Bonchev–Trinajstić information content (AvgIpc) is 2.36. The molecule has 6 heteroatoms. The second-order valence-electron chi connectivity index (χ2n) is 5.82. The Labute approximate surface area is 124 Å². The highest BCUT2D eigenvalue weighted by molar-refractivity contribution is 7.89. The van der Waals surface area contributed by atoms with Gasteiger partial charge in [0.2, 0.25) is 10.0 Å². The van der Waals surface area contributed by atoms with Crippen LogP contribution in [0.3, 0.4) is 0 Å². The number of hydrogen-bond donors (Lipinski definition) is 2. The maximum Gasteiger partial charge on any atom is 0.241 e. The van der Waals surface area contributed by atoms with Crippen LogP contribution in [0.2, 0.25) is 0 Å². The van der Waals surface area contributed by atoms with E-state index in [0.29, 0.717) is 11.1 Å². The minimum absolute atomic E-state index is 0.0357. The monoisotopic (exact) mass is 306 g/mol. The molecule has 1 heterocycles. The molecule has 2 aromatic rings. The van der Waals surface area contributed by atoms with Crippen LogP contribution in [0.25, 0.3) is 11.1 Å². The summed E-state index contributed by atoms with van der Waals surface area (Å²) < 4.78 is 27.3. The molecule has 21 heavy (non-hydrogen) atoms. The Bertz CT molecular complexity index is 750. The van der Waals surface area contributed by atoms with Crippen molar-refractivity contribution in [2.24, 2.45) is 0 Å². The largest absolute Gasteiger partial charge is 0.506 e. The van der Waals surface area contributed by atoms with Crippen LogP contribution in [0.15, 0.2) is 47.6 Å². The zero-order valence-electron chi connectivity index (χ0n) is 12.2. The van der Waals surface area contributed by atoms with E-state index in [2.05, 4.69) is 9.71 Å². The first kappa shape index (κ1) is 15.5. The van der Waals surface area contributed by atoms with Gasteiger partial charge in [-0.2, -0.15) is 0 Å². The lowest BCUT2D eigenvalue weighted by molar-refractivity contribution is 0.473. The molecule has 5 nitrogen and oxygen atoms in total. The molecule has 2 N–H and O–H groups in total. The number of rotatable bonds is 3. The summed E-state index contributed by atoms with van der Waals surface area (Å²) in [7, 11) is -3.59. The summed E-state index contributed by atoms with van der Waals surface area (Å²) in [5, 5.41) is 9.46. The second kappa shape index (κ2) is 5.46. The van der Waals surface area contributed by atoms with E-state index in [-0.39, 0.29) is 10.6 Å². The lowest BCUT2D eigenvalue weighted by atomic mass is 10.1. The first-order valence-electron chi connectivity index (χ1n) is 6.46. The van der Waals surface area contributed by atoms with Gasteiger partial charge in [-0.3, -0.25) is 4.98 Å².